The molecule has 1 aromatic carbocycles. The van der Waals surface area contributed by atoms with Gasteiger partial charge in [-0.05, 0) is 49.4 Å². The Labute approximate surface area is 115 Å². The normalized spacial score (nSPS) is 18.8. The molecular weight excluding hydrogens is 236 g/mol. The molecule has 104 valence electrons. The van der Waals surface area contributed by atoms with Crippen molar-refractivity contribution in [2.45, 2.75) is 51.5 Å². The zero-order chi connectivity index (χ0) is 13.7. The molecule has 1 unspecified atom stereocenters. The third-order valence-corrected chi connectivity index (χ3v) is 3.74. The maximum Gasteiger partial charge on any atom is 0.224 e. The quantitative estimate of drug-likeness (QED) is 0.853. The van der Waals surface area contributed by atoms with Crippen molar-refractivity contribution in [2.75, 3.05) is 11.9 Å². The van der Waals surface area contributed by atoms with Gasteiger partial charge in [-0.2, -0.15) is 0 Å². The summed E-state index contributed by atoms with van der Waals surface area (Å²) in [4.78, 5) is 11.8. The van der Waals surface area contributed by atoms with Gasteiger partial charge in [0.05, 0.1) is 0 Å². The number of hydrogen-bond donors (Lipinski definition) is 2. The van der Waals surface area contributed by atoms with Gasteiger partial charge >= 0.3 is 0 Å². The molecular formula is C16H24N2O. The van der Waals surface area contributed by atoms with Crippen LogP contribution in [0.5, 0.6) is 0 Å². The van der Waals surface area contributed by atoms with Crippen LogP contribution in [0.1, 0.15) is 51.0 Å². The first-order valence-electron chi connectivity index (χ1n) is 7.28. The van der Waals surface area contributed by atoms with Gasteiger partial charge in [0.1, 0.15) is 0 Å². The lowest BCUT2D eigenvalue weighted by molar-refractivity contribution is -0.116. The molecule has 1 aromatic rings. The average molecular weight is 260 g/mol. The molecule has 0 bridgehead atoms. The molecule has 0 radical (unpaired) electrons. The summed E-state index contributed by atoms with van der Waals surface area (Å²) in [5.74, 6) is 0.643. The number of anilines is 1. The molecule has 1 aliphatic rings. The number of carbonyl (C=O) groups is 1. The third-order valence-electron chi connectivity index (χ3n) is 3.74. The summed E-state index contributed by atoms with van der Waals surface area (Å²) in [6, 6.07) is 8.67. The Balaban J connectivity index is 1.77. The molecule has 0 spiro atoms. The average Bonchev–Trinajstić information content (AvgIpc) is 2.90. The van der Waals surface area contributed by atoms with Gasteiger partial charge in [-0.25, -0.2) is 0 Å². The highest BCUT2D eigenvalue weighted by molar-refractivity contribution is 5.90. The molecule has 1 aliphatic heterocycles. The minimum atomic E-state index is 0.117. The molecule has 3 nitrogen and oxygen atoms in total. The molecule has 0 aliphatic carbocycles. The van der Waals surface area contributed by atoms with E-state index in [1.165, 1.54) is 18.4 Å². The maximum absolute atomic E-state index is 11.8. The molecule has 19 heavy (non-hydrogen) atoms. The first kappa shape index (κ1) is 14.1. The second-order valence-electron chi connectivity index (χ2n) is 5.66. The second kappa shape index (κ2) is 6.71. The van der Waals surface area contributed by atoms with Crippen LogP contribution in [0.15, 0.2) is 24.3 Å². The Kier molecular flexibility index (Phi) is 4.97. The smallest absolute Gasteiger partial charge is 0.224 e. The zero-order valence-corrected chi connectivity index (χ0v) is 11.9. The van der Waals surface area contributed by atoms with E-state index in [0.717, 1.165) is 18.7 Å². The van der Waals surface area contributed by atoms with Crippen LogP contribution in [0, 0.1) is 0 Å². The third kappa shape index (κ3) is 4.35. The summed E-state index contributed by atoms with van der Waals surface area (Å²) in [5, 5.41) is 6.38. The molecule has 1 amide bonds. The highest BCUT2D eigenvalue weighted by atomic mass is 16.1. The molecule has 3 heteroatoms. The van der Waals surface area contributed by atoms with Crippen molar-refractivity contribution < 1.29 is 4.79 Å². The number of nitrogens with one attached hydrogen (secondary N) is 2. The Morgan fingerprint density at radius 1 is 1.37 bits per heavy atom. The largest absolute Gasteiger partial charge is 0.326 e. The van der Waals surface area contributed by atoms with Crippen molar-refractivity contribution in [3.63, 3.8) is 0 Å². The highest BCUT2D eigenvalue weighted by Crippen LogP contribution is 2.17. The van der Waals surface area contributed by atoms with E-state index in [9.17, 15) is 4.79 Å². The molecule has 1 atom stereocenters. The number of hydrogen-bond acceptors (Lipinski definition) is 2. The van der Waals surface area contributed by atoms with Crippen molar-refractivity contribution in [1.82, 2.24) is 5.32 Å². The van der Waals surface area contributed by atoms with Gasteiger partial charge in [0.15, 0.2) is 0 Å². The maximum atomic E-state index is 11.8. The monoisotopic (exact) mass is 260 g/mol. The molecule has 2 N–H and O–H groups in total. The van der Waals surface area contributed by atoms with Crippen LogP contribution in [0.2, 0.25) is 0 Å². The predicted octanol–water partition coefficient (Wildman–Crippen LogP) is 3.28. The Morgan fingerprint density at radius 3 is 2.68 bits per heavy atom. The molecule has 1 fully saturated rings. The van der Waals surface area contributed by atoms with Crippen LogP contribution in [0.25, 0.3) is 0 Å². The van der Waals surface area contributed by atoms with Crippen molar-refractivity contribution >= 4 is 11.6 Å². The highest BCUT2D eigenvalue weighted by Gasteiger charge is 2.15. The minimum absolute atomic E-state index is 0.117. The van der Waals surface area contributed by atoms with Crippen molar-refractivity contribution in [3.05, 3.63) is 29.8 Å². The van der Waals surface area contributed by atoms with Crippen molar-refractivity contribution in [2.24, 2.45) is 0 Å². The first-order valence-corrected chi connectivity index (χ1v) is 7.28. The van der Waals surface area contributed by atoms with Crippen LogP contribution in [0.4, 0.5) is 5.69 Å². The SMILES string of the molecule is CC(C)c1ccc(NC(=O)CCC2CCCN2)cc1. The van der Waals surface area contributed by atoms with Gasteiger partial charge in [-0.1, -0.05) is 26.0 Å². The zero-order valence-electron chi connectivity index (χ0n) is 11.9. The summed E-state index contributed by atoms with van der Waals surface area (Å²) in [7, 11) is 0. The van der Waals surface area contributed by atoms with E-state index in [0.29, 0.717) is 18.4 Å². The van der Waals surface area contributed by atoms with E-state index in [1.807, 2.05) is 12.1 Å². The number of rotatable bonds is 5. The van der Waals surface area contributed by atoms with Crippen LogP contribution in [0.3, 0.4) is 0 Å². The van der Waals surface area contributed by atoms with Gasteiger partial charge in [0, 0.05) is 18.2 Å². The van der Waals surface area contributed by atoms with Gasteiger partial charge in [0.25, 0.3) is 0 Å². The van der Waals surface area contributed by atoms with Crippen molar-refractivity contribution in [3.8, 4) is 0 Å². The van der Waals surface area contributed by atoms with E-state index in [4.69, 9.17) is 0 Å². The van der Waals surface area contributed by atoms with Gasteiger partial charge in [-0.3, -0.25) is 4.79 Å². The predicted molar refractivity (Wildman–Crippen MR) is 79.4 cm³/mol. The summed E-state index contributed by atoms with van der Waals surface area (Å²) in [6.45, 7) is 5.44. The topological polar surface area (TPSA) is 41.1 Å². The molecule has 1 saturated heterocycles. The van der Waals surface area contributed by atoms with Crippen molar-refractivity contribution in [1.29, 1.82) is 0 Å². The Hall–Kier alpha value is -1.35. The lowest BCUT2D eigenvalue weighted by Crippen LogP contribution is -2.23. The van der Waals surface area contributed by atoms with E-state index >= 15 is 0 Å². The Morgan fingerprint density at radius 2 is 2.11 bits per heavy atom. The molecule has 0 aromatic heterocycles. The van der Waals surface area contributed by atoms with E-state index in [-0.39, 0.29) is 5.91 Å². The van der Waals surface area contributed by atoms with Gasteiger partial charge < -0.3 is 10.6 Å². The van der Waals surface area contributed by atoms with E-state index in [2.05, 4.69) is 36.6 Å². The van der Waals surface area contributed by atoms with Gasteiger partial charge in [-0.15, -0.1) is 0 Å². The summed E-state index contributed by atoms with van der Waals surface area (Å²) in [5.41, 5.74) is 2.20. The fourth-order valence-electron chi connectivity index (χ4n) is 2.48. The molecule has 0 saturated carbocycles. The van der Waals surface area contributed by atoms with E-state index in [1.54, 1.807) is 0 Å². The van der Waals surface area contributed by atoms with Crippen LogP contribution in [-0.2, 0) is 4.79 Å². The Bertz CT molecular complexity index is 405. The summed E-state index contributed by atoms with van der Waals surface area (Å²) >= 11 is 0. The first-order chi connectivity index (χ1) is 9.15. The van der Waals surface area contributed by atoms with E-state index < -0.39 is 0 Å². The summed E-state index contributed by atoms with van der Waals surface area (Å²) < 4.78 is 0. The lowest BCUT2D eigenvalue weighted by atomic mass is 10.0. The fourth-order valence-corrected chi connectivity index (χ4v) is 2.48. The standard InChI is InChI=1S/C16H24N2O/c1-12(2)13-5-7-15(8-6-13)18-16(19)10-9-14-4-3-11-17-14/h5-8,12,14,17H,3-4,9-11H2,1-2H3,(H,18,19). The van der Waals surface area contributed by atoms with Crippen LogP contribution < -0.4 is 10.6 Å². The summed E-state index contributed by atoms with van der Waals surface area (Å²) in [6.07, 6.45) is 3.98. The number of carbonyl (C=O) groups excluding carboxylic acids is 1. The lowest BCUT2D eigenvalue weighted by Gasteiger charge is -2.11. The number of benzene rings is 1. The fraction of sp³-hybridized carbons (Fsp3) is 0.562. The number of amides is 1. The minimum Gasteiger partial charge on any atom is -0.326 e. The molecule has 1 heterocycles. The second-order valence-corrected chi connectivity index (χ2v) is 5.66. The van der Waals surface area contributed by atoms with Gasteiger partial charge in [0.2, 0.25) is 5.91 Å². The molecule has 2 rings (SSSR count). The van der Waals surface area contributed by atoms with Crippen LogP contribution in [-0.4, -0.2) is 18.5 Å². The van der Waals surface area contributed by atoms with Crippen LogP contribution >= 0.6 is 0 Å².